The number of carbonyl (C=O) groups is 1. The molecule has 0 amide bonds. The van der Waals surface area contributed by atoms with Gasteiger partial charge in [-0.15, -0.1) is 0 Å². The molecule has 0 unspecified atom stereocenters. The van der Waals surface area contributed by atoms with Crippen molar-refractivity contribution in [2.24, 2.45) is 0 Å². The molecule has 5 nitrogen and oxygen atoms in total. The Morgan fingerprint density at radius 3 is 2.05 bits per heavy atom. The maximum Gasteiger partial charge on any atom is 0.335 e. The highest BCUT2D eigenvalue weighted by Gasteiger charge is 2.25. The van der Waals surface area contributed by atoms with Gasteiger partial charge in [-0.05, 0) is 59.2 Å². The van der Waals surface area contributed by atoms with Gasteiger partial charge in [0.1, 0.15) is 5.75 Å². The molecule has 0 saturated heterocycles. The molecule has 0 aliphatic carbocycles. The van der Waals surface area contributed by atoms with Crippen LogP contribution in [0.15, 0.2) is 103 Å². The van der Waals surface area contributed by atoms with E-state index < -0.39 is 5.97 Å². The van der Waals surface area contributed by atoms with Crippen molar-refractivity contribution in [2.45, 2.75) is 19.1 Å². The Kier molecular flexibility index (Phi) is 7.26. The first-order valence-corrected chi connectivity index (χ1v) is 12.4. The fraction of sp³-hybridized carbons (Fsp3) is 0.129. The molecule has 186 valence electrons. The summed E-state index contributed by atoms with van der Waals surface area (Å²) in [5, 5.41) is 21.4. The maximum absolute atomic E-state index is 11.1. The molecule has 1 heterocycles. The number of rotatable bonds is 9. The highest BCUT2D eigenvalue weighted by molar-refractivity contribution is 6.31. The third-order valence-corrected chi connectivity index (χ3v) is 6.78. The molecular formula is C31H26ClNO4. The summed E-state index contributed by atoms with van der Waals surface area (Å²) < 4.78 is 8.15. The van der Waals surface area contributed by atoms with E-state index in [2.05, 4.69) is 28.8 Å². The van der Waals surface area contributed by atoms with E-state index in [1.54, 1.807) is 12.1 Å². The van der Waals surface area contributed by atoms with Crippen LogP contribution in [-0.4, -0.2) is 27.4 Å². The molecular weight excluding hydrogens is 486 g/mol. The average molecular weight is 512 g/mol. The van der Waals surface area contributed by atoms with Gasteiger partial charge in [-0.3, -0.25) is 0 Å². The van der Waals surface area contributed by atoms with E-state index in [0.29, 0.717) is 23.8 Å². The van der Waals surface area contributed by atoms with Crippen LogP contribution >= 0.6 is 11.6 Å². The van der Waals surface area contributed by atoms with Gasteiger partial charge >= 0.3 is 5.97 Å². The molecule has 6 heteroatoms. The molecule has 0 saturated carbocycles. The molecule has 5 rings (SSSR count). The predicted octanol–water partition coefficient (Wildman–Crippen LogP) is 6.74. The zero-order valence-electron chi connectivity index (χ0n) is 20.0. The standard InChI is InChI=1S/C31H26ClNO4/c32-24-13-16-28-27(19-24)26(17-18-37-25-14-11-23(12-15-25)31(35)36)29(20-34)33(28)30(21-7-3-1-4-8-21)22-9-5-2-6-10-22/h1-16,19,30,34H,17-18,20H2,(H,35,36). The molecule has 0 radical (unpaired) electrons. The van der Waals surface area contributed by atoms with Gasteiger partial charge in [0, 0.05) is 28.0 Å². The maximum atomic E-state index is 11.1. The minimum atomic E-state index is -0.977. The summed E-state index contributed by atoms with van der Waals surface area (Å²) in [6.45, 7) is 0.206. The first-order valence-electron chi connectivity index (χ1n) is 12.0. The number of benzene rings is 4. The lowest BCUT2D eigenvalue weighted by Crippen LogP contribution is -2.16. The summed E-state index contributed by atoms with van der Waals surface area (Å²) >= 11 is 6.43. The summed E-state index contributed by atoms with van der Waals surface area (Å²) in [6.07, 6.45) is 0.538. The molecule has 0 atom stereocenters. The first kappa shape index (κ1) is 24.6. The van der Waals surface area contributed by atoms with Gasteiger partial charge < -0.3 is 19.5 Å². The number of aliphatic hydroxyl groups excluding tert-OH is 1. The van der Waals surface area contributed by atoms with E-state index >= 15 is 0 Å². The lowest BCUT2D eigenvalue weighted by Gasteiger charge is -2.24. The molecule has 0 spiro atoms. The van der Waals surface area contributed by atoms with Gasteiger partial charge in [-0.25, -0.2) is 4.79 Å². The molecule has 0 bridgehead atoms. The van der Waals surface area contributed by atoms with E-state index in [0.717, 1.165) is 33.3 Å². The third-order valence-electron chi connectivity index (χ3n) is 6.54. The molecule has 0 aliphatic rings. The Morgan fingerprint density at radius 1 is 0.865 bits per heavy atom. The summed E-state index contributed by atoms with van der Waals surface area (Å²) in [5.74, 6) is -0.390. The monoisotopic (exact) mass is 511 g/mol. The van der Waals surface area contributed by atoms with Crippen molar-refractivity contribution in [2.75, 3.05) is 6.61 Å². The average Bonchev–Trinajstić information content (AvgIpc) is 3.22. The number of aromatic carboxylic acids is 1. The molecule has 0 aliphatic heterocycles. The van der Waals surface area contributed by atoms with Crippen molar-refractivity contribution in [3.63, 3.8) is 0 Å². The summed E-state index contributed by atoms with van der Waals surface area (Å²) in [7, 11) is 0. The van der Waals surface area contributed by atoms with Gasteiger partial charge in [0.2, 0.25) is 0 Å². The number of carboxylic acid groups (broad SMARTS) is 1. The minimum absolute atomic E-state index is 0.147. The number of fused-ring (bicyclic) bond motifs is 1. The topological polar surface area (TPSA) is 71.7 Å². The molecule has 2 N–H and O–H groups in total. The summed E-state index contributed by atoms with van der Waals surface area (Å²) in [6, 6.07) is 32.5. The largest absolute Gasteiger partial charge is 0.493 e. The normalized spacial score (nSPS) is 11.2. The van der Waals surface area contributed by atoms with E-state index in [-0.39, 0.29) is 18.2 Å². The second-order valence-corrected chi connectivity index (χ2v) is 9.20. The third kappa shape index (κ3) is 5.10. The molecule has 5 aromatic rings. The minimum Gasteiger partial charge on any atom is -0.493 e. The quantitative estimate of drug-likeness (QED) is 0.230. The van der Waals surface area contributed by atoms with Crippen LogP contribution in [0, 0.1) is 0 Å². The Labute approximate surface area is 220 Å². The van der Waals surface area contributed by atoms with Crippen LogP contribution in [0.3, 0.4) is 0 Å². The predicted molar refractivity (Wildman–Crippen MR) is 146 cm³/mol. The molecule has 37 heavy (non-hydrogen) atoms. The molecule has 0 fully saturated rings. The number of carboxylic acids is 1. The van der Waals surface area contributed by atoms with Crippen molar-refractivity contribution in [1.82, 2.24) is 4.57 Å². The zero-order valence-corrected chi connectivity index (χ0v) is 20.8. The van der Waals surface area contributed by atoms with Gasteiger partial charge in [-0.1, -0.05) is 72.3 Å². The van der Waals surface area contributed by atoms with Crippen LogP contribution in [0.4, 0.5) is 0 Å². The summed E-state index contributed by atoms with van der Waals surface area (Å²) in [4.78, 5) is 11.1. The van der Waals surface area contributed by atoms with Crippen molar-refractivity contribution in [3.05, 3.63) is 136 Å². The lowest BCUT2D eigenvalue weighted by molar-refractivity contribution is 0.0697. The summed E-state index contributed by atoms with van der Waals surface area (Å²) in [5.41, 5.74) is 5.18. The van der Waals surface area contributed by atoms with E-state index in [1.807, 2.05) is 54.6 Å². The van der Waals surface area contributed by atoms with Crippen LogP contribution in [0.2, 0.25) is 5.02 Å². The fourth-order valence-corrected chi connectivity index (χ4v) is 5.05. The number of nitrogens with zero attached hydrogens (tertiary/aromatic N) is 1. The first-order chi connectivity index (χ1) is 18.1. The Bertz CT molecular complexity index is 1470. The highest BCUT2D eigenvalue weighted by atomic mass is 35.5. The van der Waals surface area contributed by atoms with Crippen LogP contribution in [0.25, 0.3) is 10.9 Å². The zero-order chi connectivity index (χ0) is 25.8. The smallest absolute Gasteiger partial charge is 0.335 e. The van der Waals surface area contributed by atoms with Crippen molar-refractivity contribution < 1.29 is 19.7 Å². The highest BCUT2D eigenvalue weighted by Crippen LogP contribution is 2.37. The van der Waals surface area contributed by atoms with E-state index in [1.165, 1.54) is 12.1 Å². The van der Waals surface area contributed by atoms with Crippen molar-refractivity contribution in [1.29, 1.82) is 0 Å². The second-order valence-electron chi connectivity index (χ2n) is 8.77. The fourth-order valence-electron chi connectivity index (χ4n) is 4.88. The van der Waals surface area contributed by atoms with Crippen LogP contribution in [0.1, 0.15) is 38.8 Å². The lowest BCUT2D eigenvalue weighted by atomic mass is 9.98. The van der Waals surface area contributed by atoms with E-state index in [9.17, 15) is 9.90 Å². The van der Waals surface area contributed by atoms with Crippen LogP contribution in [0.5, 0.6) is 5.75 Å². The number of hydrogen-bond acceptors (Lipinski definition) is 3. The Hall–Kier alpha value is -4.06. The van der Waals surface area contributed by atoms with Crippen LogP contribution in [-0.2, 0) is 13.0 Å². The molecule has 1 aromatic heterocycles. The number of halogens is 1. The molecule has 4 aromatic carbocycles. The number of aromatic nitrogens is 1. The second kappa shape index (κ2) is 10.9. The van der Waals surface area contributed by atoms with Gasteiger partial charge in [-0.2, -0.15) is 0 Å². The SMILES string of the molecule is O=C(O)c1ccc(OCCc2c(CO)n(C(c3ccccc3)c3ccccc3)c3ccc(Cl)cc23)cc1. The van der Waals surface area contributed by atoms with Gasteiger partial charge in [0.15, 0.2) is 0 Å². The Morgan fingerprint density at radius 2 is 1.49 bits per heavy atom. The van der Waals surface area contributed by atoms with E-state index in [4.69, 9.17) is 21.4 Å². The van der Waals surface area contributed by atoms with Gasteiger partial charge in [0.05, 0.1) is 24.8 Å². The number of hydrogen-bond donors (Lipinski definition) is 2. The van der Waals surface area contributed by atoms with Gasteiger partial charge in [0.25, 0.3) is 0 Å². The van der Waals surface area contributed by atoms with Crippen molar-refractivity contribution >= 4 is 28.5 Å². The Balaban J connectivity index is 1.57. The number of aliphatic hydroxyl groups is 1. The van der Waals surface area contributed by atoms with Crippen LogP contribution < -0.4 is 4.74 Å². The number of ether oxygens (including phenoxy) is 1. The van der Waals surface area contributed by atoms with Crippen molar-refractivity contribution in [3.8, 4) is 5.75 Å².